The van der Waals surface area contributed by atoms with Crippen LogP contribution in [0.3, 0.4) is 0 Å². The van der Waals surface area contributed by atoms with Crippen LogP contribution in [-0.4, -0.2) is 55.6 Å². The highest BCUT2D eigenvalue weighted by atomic mass is 32.2. The van der Waals surface area contributed by atoms with Crippen molar-refractivity contribution in [2.75, 3.05) is 26.1 Å². The van der Waals surface area contributed by atoms with Crippen LogP contribution in [0.5, 0.6) is 11.5 Å². The molecule has 0 aliphatic carbocycles. The molecule has 4 rings (SSSR count). The van der Waals surface area contributed by atoms with Gasteiger partial charge >= 0.3 is 6.01 Å². The van der Waals surface area contributed by atoms with E-state index in [9.17, 15) is 13.2 Å². The first kappa shape index (κ1) is 21.3. The number of thiophene rings is 1. The van der Waals surface area contributed by atoms with E-state index in [4.69, 9.17) is 13.9 Å². The Labute approximate surface area is 182 Å². The van der Waals surface area contributed by atoms with Crippen molar-refractivity contribution in [1.82, 2.24) is 14.5 Å². The zero-order chi connectivity index (χ0) is 22.0. The second kappa shape index (κ2) is 8.65. The molecule has 0 saturated carbocycles. The first-order valence-electron chi connectivity index (χ1n) is 9.36. The van der Waals surface area contributed by atoms with E-state index in [-0.39, 0.29) is 22.7 Å². The summed E-state index contributed by atoms with van der Waals surface area (Å²) in [7, 11) is -0.698. The Morgan fingerprint density at radius 2 is 2.10 bits per heavy atom. The number of benzene rings is 1. The third-order valence-corrected chi connectivity index (χ3v) is 8.14. The van der Waals surface area contributed by atoms with Crippen LogP contribution in [0.15, 0.2) is 44.3 Å². The maximum atomic E-state index is 12.9. The number of methoxy groups -OCH3 is 2. The molecule has 3 heterocycles. The molecule has 1 amide bonds. The number of aromatic nitrogens is 2. The summed E-state index contributed by atoms with van der Waals surface area (Å²) in [6, 6.07) is 7.30. The molecule has 0 spiro atoms. The number of ether oxygens (including phenoxy) is 2. The fraction of sp³-hybridized carbons (Fsp3) is 0.316. The molecule has 2 aromatic heterocycles. The van der Waals surface area contributed by atoms with Crippen LogP contribution in [0.2, 0.25) is 0 Å². The summed E-state index contributed by atoms with van der Waals surface area (Å²) in [6.45, 7) is 0.274. The van der Waals surface area contributed by atoms with E-state index >= 15 is 0 Å². The van der Waals surface area contributed by atoms with Crippen LogP contribution in [0, 0.1) is 0 Å². The summed E-state index contributed by atoms with van der Waals surface area (Å²) in [6.07, 6.45) is 0.991. The van der Waals surface area contributed by atoms with Gasteiger partial charge in [-0.1, -0.05) is 11.2 Å². The summed E-state index contributed by atoms with van der Waals surface area (Å²) < 4.78 is 43.2. The number of hydrogen-bond donors (Lipinski definition) is 1. The molecular weight excluding hydrogens is 444 g/mol. The molecule has 3 aromatic rings. The number of rotatable bonds is 7. The van der Waals surface area contributed by atoms with Crippen LogP contribution >= 0.6 is 11.3 Å². The van der Waals surface area contributed by atoms with E-state index in [1.165, 1.54) is 17.5 Å². The molecule has 1 fully saturated rings. The number of nitrogens with zero attached hydrogens (tertiary/aromatic N) is 3. The summed E-state index contributed by atoms with van der Waals surface area (Å²) in [5, 5.41) is 12.0. The normalized spacial score (nSPS) is 16.9. The minimum atomic E-state index is -3.74. The molecule has 164 valence electrons. The summed E-state index contributed by atoms with van der Waals surface area (Å²) in [5.74, 6) is 0.686. The van der Waals surface area contributed by atoms with Crippen LogP contribution < -0.4 is 14.8 Å². The molecule has 0 bridgehead atoms. The Hall–Kier alpha value is -2.96. The van der Waals surface area contributed by atoms with E-state index in [2.05, 4.69) is 15.5 Å². The van der Waals surface area contributed by atoms with Crippen molar-refractivity contribution in [3.8, 4) is 23.0 Å². The number of nitrogens with one attached hydrogen (secondary N) is 1. The quantitative estimate of drug-likeness (QED) is 0.566. The second-order valence-electron chi connectivity index (χ2n) is 6.67. The number of anilines is 1. The highest BCUT2D eigenvalue weighted by Gasteiger charge is 2.40. The number of hydrogen-bond acceptors (Lipinski definition) is 9. The molecule has 1 N–H and O–H groups in total. The molecular formula is C19H20N4O6S2. The van der Waals surface area contributed by atoms with Crippen molar-refractivity contribution in [1.29, 1.82) is 0 Å². The third kappa shape index (κ3) is 4.13. The van der Waals surface area contributed by atoms with Crippen molar-refractivity contribution in [3.05, 3.63) is 35.7 Å². The van der Waals surface area contributed by atoms with E-state index in [1.807, 2.05) is 0 Å². The lowest BCUT2D eigenvalue weighted by atomic mass is 10.2. The largest absolute Gasteiger partial charge is 0.497 e. The summed E-state index contributed by atoms with van der Waals surface area (Å²) >= 11 is 1.12. The van der Waals surface area contributed by atoms with Gasteiger partial charge in [-0.2, -0.15) is 4.31 Å². The van der Waals surface area contributed by atoms with Gasteiger partial charge in [0.2, 0.25) is 5.91 Å². The number of amides is 1. The van der Waals surface area contributed by atoms with Gasteiger partial charge in [0.15, 0.2) is 0 Å². The number of carbonyl (C=O) groups excluding carboxylic acids is 1. The van der Waals surface area contributed by atoms with Gasteiger partial charge in [0.05, 0.1) is 19.8 Å². The molecule has 10 nitrogen and oxygen atoms in total. The Morgan fingerprint density at radius 3 is 2.81 bits per heavy atom. The van der Waals surface area contributed by atoms with Crippen LogP contribution in [0.1, 0.15) is 12.8 Å². The smallest absolute Gasteiger partial charge is 0.322 e. The molecule has 1 aromatic carbocycles. The molecule has 12 heteroatoms. The van der Waals surface area contributed by atoms with Crippen LogP contribution in [-0.2, 0) is 14.8 Å². The lowest BCUT2D eigenvalue weighted by Gasteiger charge is -2.21. The first-order valence-corrected chi connectivity index (χ1v) is 11.7. The topological polar surface area (TPSA) is 124 Å². The highest BCUT2D eigenvalue weighted by molar-refractivity contribution is 7.91. The van der Waals surface area contributed by atoms with E-state index in [1.54, 1.807) is 36.8 Å². The molecule has 1 aliphatic heterocycles. The van der Waals surface area contributed by atoms with Gasteiger partial charge in [0.25, 0.3) is 15.9 Å². The monoisotopic (exact) mass is 464 g/mol. The lowest BCUT2D eigenvalue weighted by Crippen LogP contribution is -2.42. The average molecular weight is 465 g/mol. The number of sulfonamides is 1. The van der Waals surface area contributed by atoms with Gasteiger partial charge in [-0.3, -0.25) is 10.1 Å². The fourth-order valence-electron chi connectivity index (χ4n) is 3.36. The van der Waals surface area contributed by atoms with E-state index in [0.717, 1.165) is 11.3 Å². The standard InChI is InChI=1S/C19H20N4O6S2/c1-27-12-7-8-13(15(11-12)28-2)18-21-22-19(29-18)20-17(24)14-5-3-9-23(14)31(25,26)16-6-4-10-30-16/h4,6-8,10-11,14H,3,5,9H2,1-2H3,(H,20,22,24). The zero-order valence-electron chi connectivity index (χ0n) is 16.8. The Kier molecular flexibility index (Phi) is 5.94. The fourth-order valence-corrected chi connectivity index (χ4v) is 6.14. The molecule has 0 radical (unpaired) electrons. The van der Waals surface area contributed by atoms with E-state index < -0.39 is 22.0 Å². The zero-order valence-corrected chi connectivity index (χ0v) is 18.4. The molecule has 1 saturated heterocycles. The van der Waals surface area contributed by atoms with Crippen LogP contribution in [0.4, 0.5) is 6.01 Å². The Bertz CT molecular complexity index is 1180. The van der Waals surface area contributed by atoms with Crippen molar-refractivity contribution in [2.45, 2.75) is 23.1 Å². The van der Waals surface area contributed by atoms with Crippen LogP contribution in [0.25, 0.3) is 11.5 Å². The SMILES string of the molecule is COc1ccc(-c2nnc(NC(=O)C3CCCN3S(=O)(=O)c3cccs3)o2)c(OC)c1. The Balaban J connectivity index is 1.52. The molecule has 1 unspecified atom stereocenters. The lowest BCUT2D eigenvalue weighted by molar-refractivity contribution is -0.119. The van der Waals surface area contributed by atoms with Gasteiger partial charge in [-0.05, 0) is 36.4 Å². The average Bonchev–Trinajstić information content (AvgIpc) is 3.54. The minimum absolute atomic E-state index is 0.127. The first-order chi connectivity index (χ1) is 14.9. The van der Waals surface area contributed by atoms with Crippen molar-refractivity contribution in [2.24, 2.45) is 0 Å². The number of carbonyl (C=O) groups is 1. The van der Waals surface area contributed by atoms with E-state index in [0.29, 0.717) is 29.9 Å². The van der Waals surface area contributed by atoms with Crippen molar-refractivity contribution in [3.63, 3.8) is 0 Å². The predicted octanol–water partition coefficient (Wildman–Crippen LogP) is 2.61. The predicted molar refractivity (Wildman–Crippen MR) is 113 cm³/mol. The van der Waals surface area contributed by atoms with Gasteiger partial charge in [0.1, 0.15) is 21.8 Å². The maximum Gasteiger partial charge on any atom is 0.322 e. The van der Waals surface area contributed by atoms with Gasteiger partial charge in [0, 0.05) is 12.6 Å². The van der Waals surface area contributed by atoms with Gasteiger partial charge in [-0.25, -0.2) is 8.42 Å². The second-order valence-corrected chi connectivity index (χ2v) is 9.74. The summed E-state index contributed by atoms with van der Waals surface area (Å²) in [5.41, 5.74) is 0.527. The third-order valence-electron chi connectivity index (χ3n) is 4.86. The van der Waals surface area contributed by atoms with Crippen molar-refractivity contribution < 1.29 is 27.1 Å². The minimum Gasteiger partial charge on any atom is -0.497 e. The van der Waals surface area contributed by atoms with Gasteiger partial charge in [-0.15, -0.1) is 16.4 Å². The molecule has 31 heavy (non-hydrogen) atoms. The summed E-state index contributed by atoms with van der Waals surface area (Å²) in [4.78, 5) is 12.8. The highest BCUT2D eigenvalue weighted by Crippen LogP contribution is 2.33. The molecule has 1 atom stereocenters. The van der Waals surface area contributed by atoms with Crippen molar-refractivity contribution >= 4 is 33.3 Å². The van der Waals surface area contributed by atoms with Gasteiger partial charge < -0.3 is 13.9 Å². The maximum absolute atomic E-state index is 12.9. The Morgan fingerprint density at radius 1 is 1.26 bits per heavy atom. The molecule has 1 aliphatic rings.